The van der Waals surface area contributed by atoms with Crippen LogP contribution in [0.3, 0.4) is 0 Å². The van der Waals surface area contributed by atoms with Gasteiger partial charge in [-0.25, -0.2) is 4.39 Å². The average Bonchev–Trinajstić information content (AvgIpc) is 2.51. The molecule has 2 N–H and O–H groups in total. The Morgan fingerprint density at radius 1 is 1.37 bits per heavy atom. The van der Waals surface area contributed by atoms with Crippen LogP contribution in [0.5, 0.6) is 0 Å². The number of aliphatic hydroxyl groups is 1. The van der Waals surface area contributed by atoms with Crippen LogP contribution in [-0.2, 0) is 6.54 Å². The average molecular weight is 266 g/mol. The lowest BCUT2D eigenvalue weighted by Crippen LogP contribution is -2.29. The molecule has 0 amide bonds. The van der Waals surface area contributed by atoms with Crippen molar-refractivity contribution < 1.29 is 9.50 Å². The van der Waals surface area contributed by atoms with Gasteiger partial charge in [0.1, 0.15) is 5.82 Å². The molecule has 0 aliphatic carbocycles. The second-order valence-electron chi connectivity index (χ2n) is 5.64. The van der Waals surface area contributed by atoms with Crippen molar-refractivity contribution in [2.24, 2.45) is 0 Å². The number of nitrogens with zero attached hydrogens (tertiary/aromatic N) is 1. The van der Waals surface area contributed by atoms with E-state index in [0.717, 1.165) is 43.6 Å². The largest absolute Gasteiger partial charge is 0.390 e. The van der Waals surface area contributed by atoms with Gasteiger partial charge in [0.05, 0.1) is 5.60 Å². The number of nitrogens with one attached hydrogen (secondary N) is 1. The molecule has 1 atom stereocenters. The summed E-state index contributed by atoms with van der Waals surface area (Å²) < 4.78 is 13.4. The Kier molecular flexibility index (Phi) is 4.42. The van der Waals surface area contributed by atoms with E-state index in [1.807, 2.05) is 20.0 Å². The first-order chi connectivity index (χ1) is 9.02. The van der Waals surface area contributed by atoms with Gasteiger partial charge in [-0.05, 0) is 57.0 Å². The Morgan fingerprint density at radius 3 is 2.89 bits per heavy atom. The molecule has 1 heterocycles. The van der Waals surface area contributed by atoms with Crippen LogP contribution in [0.4, 0.5) is 10.1 Å². The molecule has 1 aromatic rings. The lowest BCUT2D eigenvalue weighted by molar-refractivity contribution is 0.0481. The van der Waals surface area contributed by atoms with E-state index in [4.69, 9.17) is 0 Å². The first-order valence-electron chi connectivity index (χ1n) is 6.92. The van der Waals surface area contributed by atoms with Gasteiger partial charge in [-0.3, -0.25) is 0 Å². The summed E-state index contributed by atoms with van der Waals surface area (Å²) in [6.07, 6.45) is 2.54. The van der Waals surface area contributed by atoms with E-state index < -0.39 is 5.60 Å². The Morgan fingerprint density at radius 2 is 2.16 bits per heavy atom. The minimum Gasteiger partial charge on any atom is -0.390 e. The predicted octanol–water partition coefficient (Wildman–Crippen LogP) is 2.29. The Hall–Kier alpha value is -1.13. The maximum absolute atomic E-state index is 13.4. The van der Waals surface area contributed by atoms with Gasteiger partial charge < -0.3 is 15.3 Å². The van der Waals surface area contributed by atoms with E-state index in [-0.39, 0.29) is 5.82 Å². The van der Waals surface area contributed by atoms with Crippen LogP contribution >= 0.6 is 0 Å². The van der Waals surface area contributed by atoms with Gasteiger partial charge in [-0.15, -0.1) is 0 Å². The fourth-order valence-corrected chi connectivity index (χ4v) is 2.70. The molecule has 0 radical (unpaired) electrons. The number of anilines is 1. The van der Waals surface area contributed by atoms with Crippen molar-refractivity contribution in [2.45, 2.75) is 38.3 Å². The van der Waals surface area contributed by atoms with Crippen LogP contribution < -0.4 is 10.2 Å². The van der Waals surface area contributed by atoms with Crippen molar-refractivity contribution in [1.82, 2.24) is 5.32 Å². The van der Waals surface area contributed by atoms with Crippen LogP contribution in [0.25, 0.3) is 0 Å². The number of rotatable bonds is 3. The molecule has 1 aliphatic rings. The highest BCUT2D eigenvalue weighted by Crippen LogP contribution is 2.28. The van der Waals surface area contributed by atoms with Crippen LogP contribution in [0.15, 0.2) is 18.2 Å². The molecule has 1 unspecified atom stereocenters. The monoisotopic (exact) mass is 266 g/mol. The summed E-state index contributed by atoms with van der Waals surface area (Å²) in [4.78, 5) is 2.26. The first-order valence-corrected chi connectivity index (χ1v) is 6.92. The molecule has 1 aliphatic heterocycles. The third kappa shape index (κ3) is 3.67. The zero-order valence-corrected chi connectivity index (χ0v) is 11.7. The van der Waals surface area contributed by atoms with Gasteiger partial charge in [0, 0.05) is 25.3 Å². The van der Waals surface area contributed by atoms with E-state index in [2.05, 4.69) is 10.2 Å². The minimum atomic E-state index is -0.571. The van der Waals surface area contributed by atoms with Gasteiger partial charge >= 0.3 is 0 Å². The van der Waals surface area contributed by atoms with E-state index in [1.54, 1.807) is 6.07 Å². The lowest BCUT2D eigenvalue weighted by atomic mass is 9.98. The highest BCUT2D eigenvalue weighted by molar-refractivity contribution is 5.54. The molecule has 0 saturated carbocycles. The maximum Gasteiger partial charge on any atom is 0.123 e. The molecule has 106 valence electrons. The molecule has 0 spiro atoms. The molecule has 2 rings (SSSR count). The van der Waals surface area contributed by atoms with Crippen LogP contribution in [0.1, 0.15) is 31.7 Å². The summed E-state index contributed by atoms with van der Waals surface area (Å²) in [6.45, 7) is 4.28. The number of halogens is 1. The standard InChI is InChI=1S/C15H23FN2O/c1-15(19)6-3-8-18(9-7-15)14-5-4-13(16)10-12(14)11-17-2/h4-5,10,17,19H,3,6-9,11H2,1-2H3. The van der Waals surface area contributed by atoms with E-state index in [0.29, 0.717) is 6.54 Å². The molecule has 1 aromatic carbocycles. The fraction of sp³-hybridized carbons (Fsp3) is 0.600. The van der Waals surface area contributed by atoms with Crippen LogP contribution in [0, 0.1) is 5.82 Å². The molecule has 1 fully saturated rings. The van der Waals surface area contributed by atoms with E-state index in [9.17, 15) is 9.50 Å². The summed E-state index contributed by atoms with van der Waals surface area (Å²) in [6, 6.07) is 4.95. The first kappa shape index (κ1) is 14.3. The topological polar surface area (TPSA) is 35.5 Å². The van der Waals surface area contributed by atoms with Crippen molar-refractivity contribution in [3.8, 4) is 0 Å². The SMILES string of the molecule is CNCc1cc(F)ccc1N1CCCC(C)(O)CC1. The second-order valence-corrected chi connectivity index (χ2v) is 5.64. The van der Waals surface area contributed by atoms with Crippen molar-refractivity contribution in [3.63, 3.8) is 0 Å². The maximum atomic E-state index is 13.4. The fourth-order valence-electron chi connectivity index (χ4n) is 2.70. The smallest absolute Gasteiger partial charge is 0.123 e. The molecular formula is C15H23FN2O. The van der Waals surface area contributed by atoms with Crippen molar-refractivity contribution in [3.05, 3.63) is 29.6 Å². The highest BCUT2D eigenvalue weighted by atomic mass is 19.1. The van der Waals surface area contributed by atoms with E-state index >= 15 is 0 Å². The quantitative estimate of drug-likeness (QED) is 0.881. The van der Waals surface area contributed by atoms with Crippen molar-refractivity contribution >= 4 is 5.69 Å². The normalized spacial score (nSPS) is 24.3. The van der Waals surface area contributed by atoms with Crippen LogP contribution in [0.2, 0.25) is 0 Å². The van der Waals surface area contributed by atoms with Gasteiger partial charge in [0.2, 0.25) is 0 Å². The molecule has 0 aromatic heterocycles. The minimum absolute atomic E-state index is 0.198. The molecular weight excluding hydrogens is 243 g/mol. The third-order valence-electron chi connectivity index (χ3n) is 3.81. The second kappa shape index (κ2) is 5.88. The van der Waals surface area contributed by atoms with Crippen LogP contribution in [-0.4, -0.2) is 30.8 Å². The predicted molar refractivity (Wildman–Crippen MR) is 75.9 cm³/mol. The molecule has 3 nitrogen and oxygen atoms in total. The summed E-state index contributed by atoms with van der Waals surface area (Å²) in [5.74, 6) is -0.198. The lowest BCUT2D eigenvalue weighted by Gasteiger charge is -2.26. The number of hydrogen-bond donors (Lipinski definition) is 2. The Bertz CT molecular complexity index is 434. The van der Waals surface area contributed by atoms with Gasteiger partial charge in [0.25, 0.3) is 0 Å². The third-order valence-corrected chi connectivity index (χ3v) is 3.81. The van der Waals surface area contributed by atoms with Gasteiger partial charge in [0.15, 0.2) is 0 Å². The Labute approximate surface area is 114 Å². The van der Waals surface area contributed by atoms with Crippen molar-refractivity contribution in [2.75, 3.05) is 25.0 Å². The van der Waals surface area contributed by atoms with Gasteiger partial charge in [-0.2, -0.15) is 0 Å². The molecule has 0 bridgehead atoms. The van der Waals surface area contributed by atoms with Crippen molar-refractivity contribution in [1.29, 1.82) is 0 Å². The molecule has 19 heavy (non-hydrogen) atoms. The summed E-state index contributed by atoms with van der Waals surface area (Å²) in [7, 11) is 1.86. The zero-order chi connectivity index (χ0) is 13.9. The zero-order valence-electron chi connectivity index (χ0n) is 11.7. The number of hydrogen-bond acceptors (Lipinski definition) is 3. The molecule has 1 saturated heterocycles. The Balaban J connectivity index is 2.21. The van der Waals surface area contributed by atoms with E-state index in [1.165, 1.54) is 6.07 Å². The van der Waals surface area contributed by atoms with Gasteiger partial charge in [-0.1, -0.05) is 0 Å². The highest BCUT2D eigenvalue weighted by Gasteiger charge is 2.25. The number of benzene rings is 1. The summed E-state index contributed by atoms with van der Waals surface area (Å²) in [5.41, 5.74) is 1.48. The summed E-state index contributed by atoms with van der Waals surface area (Å²) in [5, 5.41) is 13.2. The molecule has 4 heteroatoms. The summed E-state index contributed by atoms with van der Waals surface area (Å²) >= 11 is 0.